The van der Waals surface area contributed by atoms with Crippen LogP contribution in [0.1, 0.15) is 25.3 Å². The summed E-state index contributed by atoms with van der Waals surface area (Å²) >= 11 is 0. The van der Waals surface area contributed by atoms with Crippen LogP contribution in [-0.2, 0) is 16.0 Å². The number of likely N-dealkylation sites (tertiary alicyclic amines) is 1. The molecule has 2 fully saturated rings. The first-order chi connectivity index (χ1) is 12.2. The summed E-state index contributed by atoms with van der Waals surface area (Å²) in [6.07, 6.45) is 2.38. The lowest BCUT2D eigenvalue weighted by atomic mass is 10.1. The summed E-state index contributed by atoms with van der Waals surface area (Å²) in [7, 11) is 0. The van der Waals surface area contributed by atoms with Crippen LogP contribution in [0.3, 0.4) is 0 Å². The van der Waals surface area contributed by atoms with Gasteiger partial charge in [0.05, 0.1) is 5.92 Å². The fourth-order valence-corrected chi connectivity index (χ4v) is 3.83. The van der Waals surface area contributed by atoms with Gasteiger partial charge in [0, 0.05) is 45.7 Å². The third kappa shape index (κ3) is 4.60. The quantitative estimate of drug-likeness (QED) is 0.789. The highest BCUT2D eigenvalue weighted by molar-refractivity contribution is 5.89. The summed E-state index contributed by atoms with van der Waals surface area (Å²) in [5.41, 5.74) is 1.23. The highest BCUT2D eigenvalue weighted by Crippen LogP contribution is 2.21. The fraction of sp³-hybridized carbons (Fsp3) is 0.600. The molecule has 0 aliphatic carbocycles. The summed E-state index contributed by atoms with van der Waals surface area (Å²) in [5.74, 6) is 0.145. The largest absolute Gasteiger partial charge is 0.342 e. The lowest BCUT2D eigenvalue weighted by molar-refractivity contribution is -0.137. The molecule has 0 saturated carbocycles. The Kier molecular flexibility index (Phi) is 6.08. The normalized spacial score (nSPS) is 21.8. The van der Waals surface area contributed by atoms with Gasteiger partial charge in [-0.15, -0.1) is 0 Å². The minimum absolute atomic E-state index is 0.124. The molecule has 25 heavy (non-hydrogen) atoms. The lowest BCUT2D eigenvalue weighted by Crippen LogP contribution is -2.50. The van der Waals surface area contributed by atoms with Crippen molar-refractivity contribution in [3.63, 3.8) is 0 Å². The Bertz CT molecular complexity index is 582. The summed E-state index contributed by atoms with van der Waals surface area (Å²) < 4.78 is 0. The van der Waals surface area contributed by atoms with Crippen LogP contribution in [0.5, 0.6) is 0 Å². The van der Waals surface area contributed by atoms with Gasteiger partial charge in [-0.1, -0.05) is 37.3 Å². The van der Waals surface area contributed by atoms with Gasteiger partial charge >= 0.3 is 0 Å². The number of carbonyl (C=O) groups is 2. The Morgan fingerprint density at radius 1 is 1.08 bits per heavy atom. The van der Waals surface area contributed by atoms with Crippen LogP contribution < -0.4 is 0 Å². The van der Waals surface area contributed by atoms with E-state index in [9.17, 15) is 9.59 Å². The molecule has 5 nitrogen and oxygen atoms in total. The van der Waals surface area contributed by atoms with Gasteiger partial charge in [-0.3, -0.25) is 14.5 Å². The summed E-state index contributed by atoms with van der Waals surface area (Å²) in [6, 6.07) is 10.2. The number of nitrogens with zero attached hydrogens (tertiary/aromatic N) is 3. The van der Waals surface area contributed by atoms with Crippen LogP contribution in [0.25, 0.3) is 0 Å². The molecule has 1 aromatic carbocycles. The maximum atomic E-state index is 12.8. The summed E-state index contributed by atoms with van der Waals surface area (Å²) in [4.78, 5) is 31.3. The molecule has 0 radical (unpaired) electrons. The van der Waals surface area contributed by atoms with Gasteiger partial charge in [0.25, 0.3) is 0 Å². The van der Waals surface area contributed by atoms with Crippen LogP contribution in [0.2, 0.25) is 0 Å². The number of hydrogen-bond donors (Lipinski definition) is 0. The number of amides is 2. The van der Waals surface area contributed by atoms with Gasteiger partial charge < -0.3 is 9.80 Å². The minimum Gasteiger partial charge on any atom is -0.342 e. The third-order valence-electron chi connectivity index (χ3n) is 5.30. The van der Waals surface area contributed by atoms with E-state index in [1.54, 1.807) is 0 Å². The zero-order chi connectivity index (χ0) is 17.6. The predicted octanol–water partition coefficient (Wildman–Crippen LogP) is 1.63. The number of carbonyl (C=O) groups excluding carboxylic acids is 2. The van der Waals surface area contributed by atoms with Crippen LogP contribution >= 0.6 is 0 Å². The van der Waals surface area contributed by atoms with E-state index in [1.165, 1.54) is 5.56 Å². The van der Waals surface area contributed by atoms with E-state index in [0.717, 1.165) is 45.6 Å². The average molecular weight is 343 g/mol. The third-order valence-corrected chi connectivity index (χ3v) is 5.30. The number of hydrogen-bond acceptors (Lipinski definition) is 3. The Morgan fingerprint density at radius 2 is 1.80 bits per heavy atom. The van der Waals surface area contributed by atoms with Crippen molar-refractivity contribution < 1.29 is 9.59 Å². The van der Waals surface area contributed by atoms with Crippen molar-refractivity contribution in [1.82, 2.24) is 14.7 Å². The van der Waals surface area contributed by atoms with E-state index >= 15 is 0 Å². The minimum atomic E-state index is -0.152. The first-order valence-corrected chi connectivity index (χ1v) is 9.50. The molecule has 2 heterocycles. The number of piperazine rings is 1. The highest BCUT2D eigenvalue weighted by atomic mass is 16.2. The lowest BCUT2D eigenvalue weighted by Gasteiger charge is -2.35. The Hall–Kier alpha value is -1.88. The molecule has 2 saturated heterocycles. The molecule has 1 atom stereocenters. The number of rotatable bonds is 6. The second-order valence-corrected chi connectivity index (χ2v) is 7.14. The van der Waals surface area contributed by atoms with E-state index in [-0.39, 0.29) is 17.7 Å². The fourth-order valence-electron chi connectivity index (χ4n) is 3.83. The standard InChI is InChI=1S/C20H29N3O2/c1-2-9-21-11-13-22(14-12-21)20(25)18-15-19(24)23(16-18)10-8-17-6-4-3-5-7-17/h3-7,18H,2,8-16H2,1H3. The monoisotopic (exact) mass is 343 g/mol. The smallest absolute Gasteiger partial charge is 0.228 e. The van der Waals surface area contributed by atoms with Gasteiger partial charge in [0.2, 0.25) is 11.8 Å². The van der Waals surface area contributed by atoms with Crippen LogP contribution in [-0.4, -0.2) is 72.3 Å². The molecule has 0 spiro atoms. The molecule has 0 bridgehead atoms. The molecular formula is C20H29N3O2. The predicted molar refractivity (Wildman–Crippen MR) is 98.1 cm³/mol. The second-order valence-electron chi connectivity index (χ2n) is 7.14. The van der Waals surface area contributed by atoms with E-state index in [0.29, 0.717) is 19.5 Å². The zero-order valence-electron chi connectivity index (χ0n) is 15.2. The van der Waals surface area contributed by atoms with Crippen LogP contribution in [0, 0.1) is 5.92 Å². The molecule has 5 heteroatoms. The highest BCUT2D eigenvalue weighted by Gasteiger charge is 2.36. The van der Waals surface area contributed by atoms with Gasteiger partial charge in [0.1, 0.15) is 0 Å². The Balaban J connectivity index is 1.47. The summed E-state index contributed by atoms with van der Waals surface area (Å²) in [6.45, 7) is 8.09. The van der Waals surface area contributed by atoms with Crippen LogP contribution in [0.15, 0.2) is 30.3 Å². The molecule has 0 aromatic heterocycles. The molecule has 1 unspecified atom stereocenters. The second kappa shape index (κ2) is 8.48. The van der Waals surface area contributed by atoms with Gasteiger partial charge in [-0.05, 0) is 24.9 Å². The van der Waals surface area contributed by atoms with E-state index in [4.69, 9.17) is 0 Å². The SMILES string of the molecule is CCCN1CCN(C(=O)C2CC(=O)N(CCc3ccccc3)C2)CC1. The van der Waals surface area contributed by atoms with E-state index < -0.39 is 0 Å². The molecule has 2 aliphatic rings. The van der Waals surface area contributed by atoms with Crippen molar-refractivity contribution in [2.24, 2.45) is 5.92 Å². The molecular weight excluding hydrogens is 314 g/mol. The van der Waals surface area contributed by atoms with E-state index in [2.05, 4.69) is 24.0 Å². The average Bonchev–Trinajstić information content (AvgIpc) is 3.02. The Morgan fingerprint density at radius 3 is 2.48 bits per heavy atom. The van der Waals surface area contributed by atoms with E-state index in [1.807, 2.05) is 28.0 Å². The first kappa shape index (κ1) is 17.9. The van der Waals surface area contributed by atoms with Gasteiger partial charge in [-0.25, -0.2) is 0 Å². The molecule has 136 valence electrons. The van der Waals surface area contributed by atoms with Crippen molar-refractivity contribution >= 4 is 11.8 Å². The zero-order valence-corrected chi connectivity index (χ0v) is 15.2. The van der Waals surface area contributed by atoms with Gasteiger partial charge in [-0.2, -0.15) is 0 Å². The Labute approximate surface area is 150 Å². The maximum absolute atomic E-state index is 12.8. The van der Waals surface area contributed by atoms with Crippen molar-refractivity contribution in [1.29, 1.82) is 0 Å². The maximum Gasteiger partial charge on any atom is 0.228 e. The van der Waals surface area contributed by atoms with Crippen LogP contribution in [0.4, 0.5) is 0 Å². The number of benzene rings is 1. The van der Waals surface area contributed by atoms with Crippen molar-refractivity contribution in [2.45, 2.75) is 26.2 Å². The molecule has 0 N–H and O–H groups in total. The molecule has 1 aromatic rings. The molecule has 2 amide bonds. The van der Waals surface area contributed by atoms with Crippen molar-refractivity contribution in [3.05, 3.63) is 35.9 Å². The van der Waals surface area contributed by atoms with Crippen molar-refractivity contribution in [2.75, 3.05) is 45.8 Å². The molecule has 2 aliphatic heterocycles. The molecule has 3 rings (SSSR count). The van der Waals surface area contributed by atoms with Gasteiger partial charge in [0.15, 0.2) is 0 Å². The van der Waals surface area contributed by atoms with Crippen molar-refractivity contribution in [3.8, 4) is 0 Å². The topological polar surface area (TPSA) is 43.9 Å². The summed E-state index contributed by atoms with van der Waals surface area (Å²) in [5, 5.41) is 0. The first-order valence-electron chi connectivity index (χ1n) is 9.50.